The number of aliphatic hydroxyl groups excluding tert-OH is 2. The molecule has 0 aromatic heterocycles. The van der Waals surface area contributed by atoms with E-state index in [0.29, 0.717) is 0 Å². The van der Waals surface area contributed by atoms with E-state index in [9.17, 15) is 4.79 Å². The third-order valence-electron chi connectivity index (χ3n) is 0.552. The molecule has 0 aromatic rings. The quantitative estimate of drug-likeness (QED) is 0.496. The number of rotatable bonds is 1. The van der Waals surface area contributed by atoms with Gasteiger partial charge in [-0.2, -0.15) is 0 Å². The smallest absolute Gasteiger partial charge is 0.302 e. The van der Waals surface area contributed by atoms with Gasteiger partial charge in [0, 0.05) is 6.92 Å². The molecule has 4 heteroatoms. The molecule has 0 amide bonds. The lowest BCUT2D eigenvalue weighted by Gasteiger charge is -1.90. The van der Waals surface area contributed by atoms with Crippen molar-refractivity contribution in [3.63, 3.8) is 0 Å². The van der Waals surface area contributed by atoms with Crippen molar-refractivity contribution in [1.82, 2.24) is 0 Å². The van der Waals surface area contributed by atoms with Crippen molar-refractivity contribution in [2.75, 3.05) is 13.7 Å². The Morgan fingerprint density at radius 1 is 1.70 bits per heavy atom. The van der Waals surface area contributed by atoms with E-state index < -0.39 is 6.10 Å². The summed E-state index contributed by atoms with van der Waals surface area (Å²) < 4.78 is 4.11. The number of hydrogen-bond acceptors (Lipinski definition) is 4. The van der Waals surface area contributed by atoms with E-state index in [4.69, 9.17) is 10.2 Å². The standard InChI is InChI=1S/C3H6O2.C3H8O2/c1-3(4)5-2;1-3(5)2-4/h1-2H3;3-5H,2H2,1H3. The van der Waals surface area contributed by atoms with E-state index in [2.05, 4.69) is 4.74 Å². The van der Waals surface area contributed by atoms with Crippen LogP contribution in [-0.4, -0.2) is 36.0 Å². The average Bonchev–Trinajstić information content (AvgIpc) is 1.89. The molecule has 0 spiro atoms. The van der Waals surface area contributed by atoms with Gasteiger partial charge in [0.1, 0.15) is 0 Å². The molecule has 0 saturated heterocycles. The molecular weight excluding hydrogens is 136 g/mol. The van der Waals surface area contributed by atoms with Crippen molar-refractivity contribution in [1.29, 1.82) is 0 Å². The molecule has 2 N–H and O–H groups in total. The lowest BCUT2D eigenvalue weighted by atomic mass is 10.5. The summed E-state index contributed by atoms with van der Waals surface area (Å²) in [7, 11) is 1.35. The lowest BCUT2D eigenvalue weighted by molar-refractivity contribution is -0.137. The maximum absolute atomic E-state index is 9.59. The van der Waals surface area contributed by atoms with E-state index in [-0.39, 0.29) is 12.6 Å². The molecule has 0 aliphatic heterocycles. The van der Waals surface area contributed by atoms with Gasteiger partial charge in [0.25, 0.3) is 0 Å². The normalized spacial score (nSPS) is 10.9. The Kier molecular flexibility index (Phi) is 10.2. The van der Waals surface area contributed by atoms with Crippen LogP contribution in [0.3, 0.4) is 0 Å². The van der Waals surface area contributed by atoms with Crippen LogP contribution in [0.4, 0.5) is 0 Å². The highest BCUT2D eigenvalue weighted by molar-refractivity contribution is 5.65. The van der Waals surface area contributed by atoms with Crippen LogP contribution >= 0.6 is 0 Å². The molecule has 0 rings (SSSR count). The van der Waals surface area contributed by atoms with Gasteiger partial charge < -0.3 is 14.9 Å². The van der Waals surface area contributed by atoms with Gasteiger partial charge in [-0.3, -0.25) is 4.79 Å². The monoisotopic (exact) mass is 150 g/mol. The molecule has 0 aliphatic carbocycles. The van der Waals surface area contributed by atoms with Crippen molar-refractivity contribution in [3.8, 4) is 0 Å². The SMILES string of the molecule is CC(O)CO.COC(C)=O. The molecule has 62 valence electrons. The van der Waals surface area contributed by atoms with Gasteiger partial charge >= 0.3 is 5.97 Å². The lowest BCUT2D eigenvalue weighted by Crippen LogP contribution is -2.03. The number of aliphatic hydroxyl groups is 2. The van der Waals surface area contributed by atoms with Crippen molar-refractivity contribution >= 4 is 5.97 Å². The minimum Gasteiger partial charge on any atom is -0.469 e. The number of carbonyl (C=O) groups excluding carboxylic acids is 1. The van der Waals surface area contributed by atoms with Crippen molar-refractivity contribution in [3.05, 3.63) is 0 Å². The van der Waals surface area contributed by atoms with E-state index in [1.165, 1.54) is 21.0 Å². The topological polar surface area (TPSA) is 66.8 Å². The highest BCUT2D eigenvalue weighted by atomic mass is 16.5. The second-order valence-electron chi connectivity index (χ2n) is 1.73. The van der Waals surface area contributed by atoms with Crippen LogP contribution in [-0.2, 0) is 9.53 Å². The Morgan fingerprint density at radius 2 is 1.90 bits per heavy atom. The number of methoxy groups -OCH3 is 1. The summed E-state index contributed by atoms with van der Waals surface area (Å²) >= 11 is 0. The zero-order valence-electron chi connectivity index (χ0n) is 6.50. The Hall–Kier alpha value is -0.610. The molecule has 10 heavy (non-hydrogen) atoms. The molecular formula is C6H14O4. The summed E-state index contributed by atoms with van der Waals surface area (Å²) in [6.45, 7) is 2.75. The Morgan fingerprint density at radius 3 is 1.90 bits per heavy atom. The first-order chi connectivity index (χ1) is 4.54. The van der Waals surface area contributed by atoms with Crippen molar-refractivity contribution in [2.24, 2.45) is 0 Å². The summed E-state index contributed by atoms with van der Waals surface area (Å²) in [5, 5.41) is 16.0. The molecule has 0 aromatic carbocycles. The first-order valence-corrected chi connectivity index (χ1v) is 2.88. The second-order valence-corrected chi connectivity index (χ2v) is 1.73. The second kappa shape index (κ2) is 8.39. The fourth-order valence-electron chi connectivity index (χ4n) is 0. The Bertz CT molecular complexity index is 79.8. The van der Waals surface area contributed by atoms with Crippen LogP contribution in [0.1, 0.15) is 13.8 Å². The van der Waals surface area contributed by atoms with Gasteiger partial charge in [-0.05, 0) is 6.92 Å². The van der Waals surface area contributed by atoms with Gasteiger partial charge in [0.05, 0.1) is 19.8 Å². The van der Waals surface area contributed by atoms with Gasteiger partial charge in [0.2, 0.25) is 0 Å². The van der Waals surface area contributed by atoms with Gasteiger partial charge in [0.15, 0.2) is 0 Å². The largest absolute Gasteiger partial charge is 0.469 e. The summed E-state index contributed by atoms with van der Waals surface area (Å²) in [5.74, 6) is -0.245. The maximum Gasteiger partial charge on any atom is 0.302 e. The van der Waals surface area contributed by atoms with Gasteiger partial charge in [-0.1, -0.05) is 0 Å². The molecule has 4 nitrogen and oxygen atoms in total. The van der Waals surface area contributed by atoms with Crippen LogP contribution in [0.15, 0.2) is 0 Å². The summed E-state index contributed by atoms with van der Waals surface area (Å²) in [4.78, 5) is 9.59. The highest BCUT2D eigenvalue weighted by Gasteiger charge is 1.83. The zero-order valence-corrected chi connectivity index (χ0v) is 6.50. The third kappa shape index (κ3) is 26.3. The summed E-state index contributed by atoms with van der Waals surface area (Å²) in [5.41, 5.74) is 0. The predicted molar refractivity (Wildman–Crippen MR) is 36.5 cm³/mol. The minimum absolute atomic E-state index is 0.139. The molecule has 1 unspecified atom stereocenters. The first kappa shape index (κ1) is 12.1. The van der Waals surface area contributed by atoms with Crippen LogP contribution in [0.25, 0.3) is 0 Å². The van der Waals surface area contributed by atoms with E-state index in [0.717, 1.165) is 0 Å². The Balaban J connectivity index is 0. The first-order valence-electron chi connectivity index (χ1n) is 2.88. The molecule has 0 bridgehead atoms. The van der Waals surface area contributed by atoms with E-state index in [1.807, 2.05) is 0 Å². The van der Waals surface area contributed by atoms with Crippen LogP contribution in [0.5, 0.6) is 0 Å². The maximum atomic E-state index is 9.59. The number of hydrogen-bond donors (Lipinski definition) is 2. The minimum atomic E-state index is -0.560. The van der Waals surface area contributed by atoms with E-state index in [1.54, 1.807) is 0 Å². The summed E-state index contributed by atoms with van der Waals surface area (Å²) in [6, 6.07) is 0. The van der Waals surface area contributed by atoms with Crippen molar-refractivity contribution in [2.45, 2.75) is 20.0 Å². The summed E-state index contributed by atoms with van der Waals surface area (Å²) in [6.07, 6.45) is -0.560. The van der Waals surface area contributed by atoms with Crippen LogP contribution in [0, 0.1) is 0 Å². The zero-order chi connectivity index (χ0) is 8.57. The molecule has 0 fully saturated rings. The third-order valence-corrected chi connectivity index (χ3v) is 0.552. The molecule has 0 heterocycles. The molecule has 0 radical (unpaired) electrons. The average molecular weight is 150 g/mol. The number of ether oxygens (including phenoxy) is 1. The van der Waals surface area contributed by atoms with E-state index >= 15 is 0 Å². The Labute approximate surface area is 60.4 Å². The predicted octanol–water partition coefficient (Wildman–Crippen LogP) is -0.461. The highest BCUT2D eigenvalue weighted by Crippen LogP contribution is 1.68. The van der Waals surface area contributed by atoms with Crippen LogP contribution in [0.2, 0.25) is 0 Å². The van der Waals surface area contributed by atoms with Crippen molar-refractivity contribution < 1.29 is 19.7 Å². The van der Waals surface area contributed by atoms with Crippen LogP contribution < -0.4 is 0 Å². The van der Waals surface area contributed by atoms with Gasteiger partial charge in [-0.25, -0.2) is 0 Å². The molecule has 0 saturated carbocycles. The number of carbonyl (C=O) groups is 1. The number of esters is 1. The molecule has 0 aliphatic rings. The molecule has 1 atom stereocenters. The fraction of sp³-hybridized carbons (Fsp3) is 0.833. The fourth-order valence-corrected chi connectivity index (χ4v) is 0. The van der Waals surface area contributed by atoms with Gasteiger partial charge in [-0.15, -0.1) is 0 Å².